The van der Waals surface area contributed by atoms with Gasteiger partial charge in [0, 0.05) is 24.2 Å². The Hall–Kier alpha value is -1.00. The van der Waals surface area contributed by atoms with Crippen LogP contribution in [0.5, 0.6) is 0 Å². The first kappa shape index (κ1) is 14.0. The molecule has 3 atom stereocenters. The van der Waals surface area contributed by atoms with Gasteiger partial charge in [-0.1, -0.05) is 0 Å². The number of nitrogens with one attached hydrogen (secondary N) is 1. The van der Waals surface area contributed by atoms with Crippen molar-refractivity contribution >= 4 is 0 Å². The summed E-state index contributed by atoms with van der Waals surface area (Å²) in [4.78, 5) is 2.41. The number of nitrogens with zero attached hydrogens (tertiary/aromatic N) is 1. The van der Waals surface area contributed by atoms with Crippen LogP contribution < -0.4 is 5.32 Å². The smallest absolute Gasteiger partial charge is 0.126 e. The molecule has 4 heteroatoms. The summed E-state index contributed by atoms with van der Waals surface area (Å²) in [5.41, 5.74) is 0.743. The largest absolute Gasteiger partial charge is 0.312 e. The topological polar surface area (TPSA) is 15.3 Å². The molecule has 0 saturated carbocycles. The third-order valence-corrected chi connectivity index (χ3v) is 4.77. The molecule has 2 nitrogen and oxygen atoms in total. The maximum Gasteiger partial charge on any atom is 0.126 e. The average molecular weight is 280 g/mol. The molecule has 110 valence electrons. The van der Waals surface area contributed by atoms with Gasteiger partial charge >= 0.3 is 0 Å². The lowest BCUT2D eigenvalue weighted by Crippen LogP contribution is -2.44. The Morgan fingerprint density at radius 2 is 1.90 bits per heavy atom. The second kappa shape index (κ2) is 5.78. The van der Waals surface area contributed by atoms with E-state index in [1.807, 2.05) is 0 Å². The summed E-state index contributed by atoms with van der Waals surface area (Å²) in [5.74, 6) is -0.969. The minimum absolute atomic E-state index is 0.0649. The second-order valence-corrected chi connectivity index (χ2v) is 6.03. The molecule has 3 unspecified atom stereocenters. The van der Waals surface area contributed by atoms with Crippen molar-refractivity contribution in [2.24, 2.45) is 0 Å². The zero-order chi connectivity index (χ0) is 14.1. The zero-order valence-electron chi connectivity index (χ0n) is 11.9. The molecular formula is C16H22F2N2. The third kappa shape index (κ3) is 2.72. The Balaban J connectivity index is 1.79. The number of halogens is 2. The average Bonchev–Trinajstić information content (AvgIpc) is 3.07. The van der Waals surface area contributed by atoms with Crippen LogP contribution in [-0.2, 0) is 0 Å². The highest BCUT2D eigenvalue weighted by atomic mass is 19.1. The molecule has 3 rings (SSSR count). The van der Waals surface area contributed by atoms with Crippen molar-refractivity contribution in [3.8, 4) is 0 Å². The number of benzene rings is 1. The van der Waals surface area contributed by atoms with Gasteiger partial charge in [-0.3, -0.25) is 4.90 Å². The molecule has 2 fully saturated rings. The first-order valence-corrected chi connectivity index (χ1v) is 7.60. The lowest BCUT2D eigenvalue weighted by Gasteiger charge is -2.34. The van der Waals surface area contributed by atoms with E-state index in [0.29, 0.717) is 12.1 Å². The molecule has 1 aromatic carbocycles. The van der Waals surface area contributed by atoms with Gasteiger partial charge in [-0.25, -0.2) is 8.78 Å². The third-order valence-electron chi connectivity index (χ3n) is 4.77. The summed E-state index contributed by atoms with van der Waals surface area (Å²) in [6.07, 6.45) is 4.80. The van der Waals surface area contributed by atoms with Crippen molar-refractivity contribution in [2.75, 3.05) is 13.1 Å². The van der Waals surface area contributed by atoms with Crippen molar-refractivity contribution in [2.45, 2.75) is 50.7 Å². The minimum Gasteiger partial charge on any atom is -0.312 e. The van der Waals surface area contributed by atoms with Crippen LogP contribution in [0.4, 0.5) is 8.78 Å². The van der Waals surface area contributed by atoms with E-state index in [4.69, 9.17) is 0 Å². The Morgan fingerprint density at radius 1 is 1.15 bits per heavy atom. The van der Waals surface area contributed by atoms with Crippen LogP contribution in [-0.4, -0.2) is 30.1 Å². The van der Waals surface area contributed by atoms with Crippen LogP contribution in [0.3, 0.4) is 0 Å². The highest BCUT2D eigenvalue weighted by molar-refractivity contribution is 5.21. The normalized spacial score (nSPS) is 28.9. The fourth-order valence-corrected chi connectivity index (χ4v) is 3.78. The summed E-state index contributed by atoms with van der Waals surface area (Å²) in [6.45, 7) is 4.17. The highest BCUT2D eigenvalue weighted by Crippen LogP contribution is 2.33. The van der Waals surface area contributed by atoms with E-state index in [1.54, 1.807) is 0 Å². The van der Waals surface area contributed by atoms with Crippen molar-refractivity contribution in [1.29, 1.82) is 0 Å². The Morgan fingerprint density at radius 3 is 2.55 bits per heavy atom. The van der Waals surface area contributed by atoms with E-state index in [0.717, 1.165) is 24.7 Å². The minimum atomic E-state index is -0.485. The summed E-state index contributed by atoms with van der Waals surface area (Å²) in [7, 11) is 0. The standard InChI is InChI=1S/C16H22F2N2/c1-11(12-8-13(17)10-14(18)9-12)20-7-3-5-16(20)15-4-2-6-19-15/h8-11,15-16,19H,2-7H2,1H3. The molecule has 2 saturated heterocycles. The lowest BCUT2D eigenvalue weighted by atomic mass is 10.0. The highest BCUT2D eigenvalue weighted by Gasteiger charge is 2.35. The number of rotatable bonds is 3. The van der Waals surface area contributed by atoms with E-state index >= 15 is 0 Å². The molecule has 0 aliphatic carbocycles. The Labute approximate surface area is 119 Å². The van der Waals surface area contributed by atoms with Gasteiger partial charge in [-0.15, -0.1) is 0 Å². The molecule has 0 amide bonds. The van der Waals surface area contributed by atoms with E-state index < -0.39 is 11.6 Å². The summed E-state index contributed by atoms with van der Waals surface area (Å²) in [5, 5.41) is 3.57. The van der Waals surface area contributed by atoms with Gasteiger partial charge in [0.1, 0.15) is 11.6 Å². The van der Waals surface area contributed by atoms with E-state index in [2.05, 4.69) is 17.1 Å². The van der Waals surface area contributed by atoms with Crippen LogP contribution >= 0.6 is 0 Å². The molecule has 0 aromatic heterocycles. The van der Waals surface area contributed by atoms with Gasteiger partial charge in [0.05, 0.1) is 0 Å². The van der Waals surface area contributed by atoms with Gasteiger partial charge < -0.3 is 5.32 Å². The fraction of sp³-hybridized carbons (Fsp3) is 0.625. The molecule has 0 spiro atoms. The number of likely N-dealkylation sites (tertiary alicyclic amines) is 1. The molecule has 20 heavy (non-hydrogen) atoms. The van der Waals surface area contributed by atoms with Crippen LogP contribution in [0.1, 0.15) is 44.2 Å². The van der Waals surface area contributed by atoms with Crippen molar-refractivity contribution in [3.05, 3.63) is 35.4 Å². The molecule has 2 heterocycles. The van der Waals surface area contributed by atoms with Gasteiger partial charge in [-0.2, -0.15) is 0 Å². The molecule has 2 aliphatic heterocycles. The summed E-state index contributed by atoms with van der Waals surface area (Å²) < 4.78 is 26.8. The van der Waals surface area contributed by atoms with Crippen LogP contribution in [0, 0.1) is 11.6 Å². The monoisotopic (exact) mass is 280 g/mol. The second-order valence-electron chi connectivity index (χ2n) is 6.03. The van der Waals surface area contributed by atoms with Gasteiger partial charge in [0.2, 0.25) is 0 Å². The molecule has 1 aromatic rings. The van der Waals surface area contributed by atoms with E-state index in [9.17, 15) is 8.78 Å². The van der Waals surface area contributed by atoms with Crippen molar-refractivity contribution < 1.29 is 8.78 Å². The molecular weight excluding hydrogens is 258 g/mol. The van der Waals surface area contributed by atoms with Crippen LogP contribution in [0.2, 0.25) is 0 Å². The van der Waals surface area contributed by atoms with Crippen molar-refractivity contribution in [3.63, 3.8) is 0 Å². The van der Waals surface area contributed by atoms with E-state index in [-0.39, 0.29) is 6.04 Å². The first-order valence-electron chi connectivity index (χ1n) is 7.60. The van der Waals surface area contributed by atoms with E-state index in [1.165, 1.54) is 37.8 Å². The fourth-order valence-electron chi connectivity index (χ4n) is 3.78. The number of hydrogen-bond acceptors (Lipinski definition) is 2. The molecule has 0 radical (unpaired) electrons. The molecule has 1 N–H and O–H groups in total. The lowest BCUT2D eigenvalue weighted by molar-refractivity contribution is 0.163. The van der Waals surface area contributed by atoms with Gasteiger partial charge in [0.25, 0.3) is 0 Å². The molecule has 0 bridgehead atoms. The SMILES string of the molecule is CC(c1cc(F)cc(F)c1)N1CCCC1C1CCCN1. The van der Waals surface area contributed by atoms with Gasteiger partial charge in [0.15, 0.2) is 0 Å². The van der Waals surface area contributed by atoms with Crippen molar-refractivity contribution in [1.82, 2.24) is 10.2 Å². The summed E-state index contributed by atoms with van der Waals surface area (Å²) in [6, 6.07) is 4.97. The maximum atomic E-state index is 13.4. The van der Waals surface area contributed by atoms with Crippen LogP contribution in [0.15, 0.2) is 18.2 Å². The number of hydrogen-bond donors (Lipinski definition) is 1. The predicted octanol–water partition coefficient (Wildman–Crippen LogP) is 3.24. The quantitative estimate of drug-likeness (QED) is 0.914. The van der Waals surface area contributed by atoms with Gasteiger partial charge in [-0.05, 0) is 63.4 Å². The predicted molar refractivity (Wildman–Crippen MR) is 75.5 cm³/mol. The summed E-state index contributed by atoms with van der Waals surface area (Å²) >= 11 is 0. The van der Waals surface area contributed by atoms with Crippen LogP contribution in [0.25, 0.3) is 0 Å². The molecule has 2 aliphatic rings. The first-order chi connectivity index (χ1) is 9.65. The Bertz CT molecular complexity index is 451. The Kier molecular flexibility index (Phi) is 4.03. The zero-order valence-corrected chi connectivity index (χ0v) is 11.9. The maximum absolute atomic E-state index is 13.4.